The summed E-state index contributed by atoms with van der Waals surface area (Å²) in [5.74, 6) is -0.279. The Hall–Kier alpha value is -5.67. The van der Waals surface area contributed by atoms with E-state index in [1.165, 1.54) is 12.1 Å². The van der Waals surface area contributed by atoms with Crippen molar-refractivity contribution in [1.29, 1.82) is 0 Å². The summed E-state index contributed by atoms with van der Waals surface area (Å²) < 4.78 is 0. The summed E-state index contributed by atoms with van der Waals surface area (Å²) in [4.78, 5) is 30.3. The first-order chi connectivity index (χ1) is 20.6. The van der Waals surface area contributed by atoms with Crippen molar-refractivity contribution >= 4 is 57.1 Å². The topological polar surface area (TPSA) is 150 Å². The van der Waals surface area contributed by atoms with Crippen LogP contribution in [0.2, 0.25) is 0 Å². The number of carbonyl (C=O) groups excluding carboxylic acids is 2. The Morgan fingerprint density at radius 2 is 0.930 bits per heavy atom. The molecular weight excluding hydrogens is 591 g/mol. The molecular formula is C32H22N6NiO4. The van der Waals surface area contributed by atoms with E-state index in [2.05, 4.69) is 30.4 Å². The van der Waals surface area contributed by atoms with Gasteiger partial charge in [-0.05, 0) is 60.7 Å². The van der Waals surface area contributed by atoms with Crippen molar-refractivity contribution < 1.29 is 36.3 Å². The van der Waals surface area contributed by atoms with Gasteiger partial charge in [0.25, 0.3) is 0 Å². The number of aldehydes is 2. The molecule has 0 amide bonds. The SMILES string of the molecule is O=Cc1cc(N=Nc2ccccc2)c2cccnc2c1O.O=Cc1cc(N=Nc2ccccc2)c2cccnc2c1O.[Ni]. The van der Waals surface area contributed by atoms with Crippen molar-refractivity contribution in [2.24, 2.45) is 20.5 Å². The van der Waals surface area contributed by atoms with Gasteiger partial charge in [-0.25, -0.2) is 0 Å². The molecule has 0 fully saturated rings. The molecule has 0 aliphatic carbocycles. The van der Waals surface area contributed by atoms with Gasteiger partial charge in [-0.3, -0.25) is 19.6 Å². The molecule has 0 aliphatic heterocycles. The molecule has 0 saturated heterocycles. The number of hydrogen-bond acceptors (Lipinski definition) is 10. The third kappa shape index (κ3) is 6.98. The predicted octanol–water partition coefficient (Wildman–Crippen LogP) is 8.33. The van der Waals surface area contributed by atoms with E-state index in [1.54, 1.807) is 36.7 Å². The Bertz CT molecular complexity index is 1810. The Balaban J connectivity index is 0.000000192. The van der Waals surface area contributed by atoms with E-state index in [4.69, 9.17) is 0 Å². The second kappa shape index (κ2) is 14.3. The first-order valence-electron chi connectivity index (χ1n) is 12.6. The molecule has 0 unspecified atom stereocenters. The number of nitrogens with zero attached hydrogens (tertiary/aromatic N) is 6. The van der Waals surface area contributed by atoms with Crippen LogP contribution >= 0.6 is 0 Å². The number of aromatic nitrogens is 2. The van der Waals surface area contributed by atoms with Crippen LogP contribution in [0.15, 0.2) is 130 Å². The first-order valence-corrected chi connectivity index (χ1v) is 12.6. The van der Waals surface area contributed by atoms with Crippen LogP contribution in [0.4, 0.5) is 22.7 Å². The molecule has 6 rings (SSSR count). The van der Waals surface area contributed by atoms with Gasteiger partial charge in [-0.2, -0.15) is 10.2 Å². The largest absolute Gasteiger partial charge is 0.505 e. The Labute approximate surface area is 255 Å². The Morgan fingerprint density at radius 1 is 0.535 bits per heavy atom. The van der Waals surface area contributed by atoms with E-state index in [1.807, 2.05) is 60.7 Å². The van der Waals surface area contributed by atoms with Crippen molar-refractivity contribution in [3.63, 3.8) is 0 Å². The minimum absolute atomic E-state index is 0. The van der Waals surface area contributed by atoms with Crippen LogP contribution in [-0.4, -0.2) is 32.8 Å². The molecule has 6 aromatic rings. The maximum absolute atomic E-state index is 11.0. The fourth-order valence-electron chi connectivity index (χ4n) is 4.02. The van der Waals surface area contributed by atoms with Gasteiger partial charge < -0.3 is 10.2 Å². The molecule has 4 aromatic carbocycles. The normalized spacial score (nSPS) is 10.8. The quantitative estimate of drug-likeness (QED) is 0.110. The second-order valence-electron chi connectivity index (χ2n) is 8.77. The number of benzene rings is 4. The van der Waals surface area contributed by atoms with Crippen LogP contribution in [0.5, 0.6) is 11.5 Å². The van der Waals surface area contributed by atoms with E-state index < -0.39 is 0 Å². The molecule has 0 atom stereocenters. The van der Waals surface area contributed by atoms with Crippen molar-refractivity contribution in [2.75, 3.05) is 0 Å². The number of hydrogen-bond donors (Lipinski definition) is 2. The smallest absolute Gasteiger partial charge is 0.153 e. The van der Waals surface area contributed by atoms with Gasteiger partial charge in [-0.15, -0.1) is 10.2 Å². The molecule has 0 spiro atoms. The molecule has 0 aliphatic rings. The number of pyridine rings is 2. The van der Waals surface area contributed by atoms with Crippen LogP contribution in [0, 0.1) is 0 Å². The molecule has 2 aromatic heterocycles. The summed E-state index contributed by atoms with van der Waals surface area (Å²) in [6.07, 6.45) is 4.25. The van der Waals surface area contributed by atoms with E-state index in [0.29, 0.717) is 57.1 Å². The monoisotopic (exact) mass is 612 g/mol. The van der Waals surface area contributed by atoms with Crippen LogP contribution < -0.4 is 0 Å². The average molecular weight is 613 g/mol. The predicted molar refractivity (Wildman–Crippen MR) is 159 cm³/mol. The number of phenolic OH excluding ortho intramolecular Hbond substituents is 2. The molecule has 0 bridgehead atoms. The fraction of sp³-hybridized carbons (Fsp3) is 0. The number of aromatic hydroxyl groups is 2. The fourth-order valence-corrected chi connectivity index (χ4v) is 4.02. The van der Waals surface area contributed by atoms with E-state index in [-0.39, 0.29) is 39.1 Å². The van der Waals surface area contributed by atoms with Gasteiger partial charge in [0.05, 0.1) is 33.9 Å². The van der Waals surface area contributed by atoms with Gasteiger partial charge in [0.15, 0.2) is 24.1 Å². The number of phenols is 2. The van der Waals surface area contributed by atoms with Crippen molar-refractivity contribution in [3.8, 4) is 11.5 Å². The van der Waals surface area contributed by atoms with Gasteiger partial charge in [0, 0.05) is 39.7 Å². The number of rotatable bonds is 6. The first kappa shape index (κ1) is 30.3. The Kier molecular flexibility index (Phi) is 10.1. The molecule has 2 heterocycles. The summed E-state index contributed by atoms with van der Waals surface area (Å²) >= 11 is 0. The second-order valence-corrected chi connectivity index (χ2v) is 8.77. The third-order valence-corrected chi connectivity index (χ3v) is 6.06. The van der Waals surface area contributed by atoms with Gasteiger partial charge >= 0.3 is 0 Å². The minimum atomic E-state index is -0.140. The molecule has 0 saturated carbocycles. The average Bonchev–Trinajstić information content (AvgIpc) is 3.05. The minimum Gasteiger partial charge on any atom is -0.505 e. The van der Waals surface area contributed by atoms with Crippen molar-refractivity contribution in [1.82, 2.24) is 9.97 Å². The molecule has 43 heavy (non-hydrogen) atoms. The van der Waals surface area contributed by atoms with Crippen LogP contribution in [0.3, 0.4) is 0 Å². The summed E-state index contributed by atoms with van der Waals surface area (Å²) in [6.45, 7) is 0. The number of azo groups is 2. The molecule has 2 N–H and O–H groups in total. The summed E-state index contributed by atoms with van der Waals surface area (Å²) in [5.41, 5.74) is 3.34. The van der Waals surface area contributed by atoms with Gasteiger partial charge in [0.1, 0.15) is 11.0 Å². The Morgan fingerprint density at radius 3 is 1.30 bits per heavy atom. The van der Waals surface area contributed by atoms with Crippen LogP contribution in [-0.2, 0) is 16.5 Å². The number of fused-ring (bicyclic) bond motifs is 2. The summed E-state index contributed by atoms with van der Waals surface area (Å²) in [5, 5.41) is 37.9. The van der Waals surface area contributed by atoms with E-state index in [0.717, 1.165) is 0 Å². The molecule has 214 valence electrons. The maximum Gasteiger partial charge on any atom is 0.153 e. The zero-order valence-corrected chi connectivity index (χ0v) is 23.2. The van der Waals surface area contributed by atoms with Crippen molar-refractivity contribution in [3.05, 3.63) is 121 Å². The molecule has 10 nitrogen and oxygen atoms in total. The standard InChI is InChI=1S/2C16H11N3O2.Ni/c2*20-10-11-9-14(19-18-12-5-2-1-3-6-12)13-7-4-8-17-15(13)16(11)21;/h2*1-10,21H;. The van der Waals surface area contributed by atoms with E-state index in [9.17, 15) is 19.8 Å². The zero-order valence-electron chi connectivity index (χ0n) is 22.3. The van der Waals surface area contributed by atoms with Crippen LogP contribution in [0.1, 0.15) is 20.7 Å². The zero-order chi connectivity index (χ0) is 29.3. The molecule has 0 radical (unpaired) electrons. The van der Waals surface area contributed by atoms with Gasteiger partial charge in [-0.1, -0.05) is 36.4 Å². The van der Waals surface area contributed by atoms with E-state index >= 15 is 0 Å². The van der Waals surface area contributed by atoms with Crippen molar-refractivity contribution in [2.45, 2.75) is 0 Å². The maximum atomic E-state index is 11.0. The van der Waals surface area contributed by atoms with Gasteiger partial charge in [0.2, 0.25) is 0 Å². The molecule has 11 heteroatoms. The number of carbonyl (C=O) groups is 2. The van der Waals surface area contributed by atoms with Crippen LogP contribution in [0.25, 0.3) is 21.8 Å². The summed E-state index contributed by atoms with van der Waals surface area (Å²) in [6, 6.07) is 28.6. The summed E-state index contributed by atoms with van der Waals surface area (Å²) in [7, 11) is 0. The third-order valence-electron chi connectivity index (χ3n) is 6.06.